The van der Waals surface area contributed by atoms with Gasteiger partial charge in [0.05, 0.1) is 13.2 Å². The second-order valence-corrected chi connectivity index (χ2v) is 5.47. The molecule has 3 atom stereocenters. The molecule has 0 spiro atoms. The molecule has 0 aliphatic carbocycles. The molecule has 1 aliphatic heterocycles. The SMILES string of the molecule is COc1ccc(C)cc1C(C)NC(C)C1CCCO1. The maximum absolute atomic E-state index is 5.74. The topological polar surface area (TPSA) is 30.5 Å². The van der Waals surface area contributed by atoms with E-state index >= 15 is 0 Å². The number of benzene rings is 1. The Kier molecular flexibility index (Phi) is 4.83. The van der Waals surface area contributed by atoms with Crippen LogP contribution in [0.25, 0.3) is 0 Å². The van der Waals surface area contributed by atoms with Gasteiger partial charge in [-0.25, -0.2) is 0 Å². The van der Waals surface area contributed by atoms with E-state index in [9.17, 15) is 0 Å². The fraction of sp³-hybridized carbons (Fsp3) is 0.625. The first-order valence-corrected chi connectivity index (χ1v) is 7.14. The van der Waals surface area contributed by atoms with E-state index in [1.54, 1.807) is 7.11 Å². The van der Waals surface area contributed by atoms with Gasteiger partial charge in [-0.1, -0.05) is 17.7 Å². The van der Waals surface area contributed by atoms with Gasteiger partial charge >= 0.3 is 0 Å². The van der Waals surface area contributed by atoms with Crippen molar-refractivity contribution in [3.05, 3.63) is 29.3 Å². The molecule has 1 heterocycles. The van der Waals surface area contributed by atoms with Crippen molar-refractivity contribution < 1.29 is 9.47 Å². The van der Waals surface area contributed by atoms with E-state index in [0.29, 0.717) is 12.1 Å². The maximum Gasteiger partial charge on any atom is 0.123 e. The zero-order valence-corrected chi connectivity index (χ0v) is 12.4. The van der Waals surface area contributed by atoms with Crippen molar-refractivity contribution in [2.24, 2.45) is 0 Å². The average Bonchev–Trinajstić information content (AvgIpc) is 2.92. The van der Waals surface area contributed by atoms with Crippen LogP contribution in [-0.4, -0.2) is 25.9 Å². The fourth-order valence-electron chi connectivity index (χ4n) is 2.78. The van der Waals surface area contributed by atoms with Crippen molar-refractivity contribution in [2.75, 3.05) is 13.7 Å². The summed E-state index contributed by atoms with van der Waals surface area (Å²) in [6.45, 7) is 7.40. The summed E-state index contributed by atoms with van der Waals surface area (Å²) in [4.78, 5) is 0. The maximum atomic E-state index is 5.74. The monoisotopic (exact) mass is 263 g/mol. The Morgan fingerprint density at radius 2 is 2.16 bits per heavy atom. The zero-order chi connectivity index (χ0) is 13.8. The van der Waals surface area contributed by atoms with Gasteiger partial charge in [-0.15, -0.1) is 0 Å². The standard InChI is InChI=1S/C16H25NO2/c1-11-7-8-16(18-4)14(10-11)12(2)17-13(3)15-6-5-9-19-15/h7-8,10,12-13,15,17H,5-6,9H2,1-4H3. The van der Waals surface area contributed by atoms with Gasteiger partial charge in [-0.2, -0.15) is 0 Å². The van der Waals surface area contributed by atoms with Crippen molar-refractivity contribution in [3.63, 3.8) is 0 Å². The second-order valence-electron chi connectivity index (χ2n) is 5.47. The zero-order valence-electron chi connectivity index (χ0n) is 12.4. The smallest absolute Gasteiger partial charge is 0.123 e. The fourth-order valence-corrected chi connectivity index (χ4v) is 2.78. The largest absolute Gasteiger partial charge is 0.496 e. The third kappa shape index (κ3) is 3.48. The predicted octanol–water partition coefficient (Wildman–Crippen LogP) is 3.22. The highest BCUT2D eigenvalue weighted by molar-refractivity contribution is 5.38. The first-order chi connectivity index (χ1) is 9.11. The number of aryl methyl sites for hydroxylation is 1. The van der Waals surface area contributed by atoms with Crippen LogP contribution >= 0.6 is 0 Å². The molecule has 2 rings (SSSR count). The van der Waals surface area contributed by atoms with Crippen LogP contribution in [-0.2, 0) is 4.74 Å². The molecule has 1 saturated heterocycles. The Morgan fingerprint density at radius 1 is 1.37 bits per heavy atom. The number of hydrogen-bond acceptors (Lipinski definition) is 3. The lowest BCUT2D eigenvalue weighted by atomic mass is 10.0. The van der Waals surface area contributed by atoms with Gasteiger partial charge in [0.25, 0.3) is 0 Å². The van der Waals surface area contributed by atoms with Crippen LogP contribution in [0.2, 0.25) is 0 Å². The van der Waals surface area contributed by atoms with Gasteiger partial charge in [0.15, 0.2) is 0 Å². The van der Waals surface area contributed by atoms with E-state index in [4.69, 9.17) is 9.47 Å². The molecule has 3 nitrogen and oxygen atoms in total. The van der Waals surface area contributed by atoms with E-state index in [2.05, 4.69) is 38.2 Å². The summed E-state index contributed by atoms with van der Waals surface area (Å²) in [7, 11) is 1.73. The molecule has 1 N–H and O–H groups in total. The highest BCUT2D eigenvalue weighted by Crippen LogP contribution is 2.27. The lowest BCUT2D eigenvalue weighted by Crippen LogP contribution is -2.38. The number of rotatable bonds is 5. The van der Waals surface area contributed by atoms with Crippen LogP contribution in [0.15, 0.2) is 18.2 Å². The van der Waals surface area contributed by atoms with Crippen LogP contribution in [0.3, 0.4) is 0 Å². The Balaban J connectivity index is 2.06. The average molecular weight is 263 g/mol. The Hall–Kier alpha value is -1.06. The molecule has 0 radical (unpaired) electrons. The minimum absolute atomic E-state index is 0.258. The van der Waals surface area contributed by atoms with Gasteiger partial charge in [-0.3, -0.25) is 0 Å². The van der Waals surface area contributed by atoms with Crippen LogP contribution in [0.4, 0.5) is 0 Å². The number of methoxy groups -OCH3 is 1. The summed E-state index contributed by atoms with van der Waals surface area (Å²) in [6, 6.07) is 6.94. The van der Waals surface area contributed by atoms with Crippen LogP contribution < -0.4 is 10.1 Å². The molecule has 0 bridgehead atoms. The molecule has 1 aliphatic rings. The van der Waals surface area contributed by atoms with E-state index < -0.39 is 0 Å². The molecule has 19 heavy (non-hydrogen) atoms. The van der Waals surface area contributed by atoms with Gasteiger partial charge in [0.2, 0.25) is 0 Å². The first-order valence-electron chi connectivity index (χ1n) is 7.14. The molecule has 0 saturated carbocycles. The minimum atomic E-state index is 0.258. The van der Waals surface area contributed by atoms with Crippen LogP contribution in [0, 0.1) is 6.92 Å². The van der Waals surface area contributed by atoms with Crippen molar-refractivity contribution >= 4 is 0 Å². The summed E-state index contributed by atoms with van der Waals surface area (Å²) in [6.07, 6.45) is 2.68. The number of nitrogens with one attached hydrogen (secondary N) is 1. The molecule has 0 amide bonds. The molecule has 3 unspecified atom stereocenters. The molecule has 1 fully saturated rings. The third-order valence-electron chi connectivity index (χ3n) is 3.89. The molecular weight excluding hydrogens is 238 g/mol. The Morgan fingerprint density at radius 3 is 2.79 bits per heavy atom. The molecule has 1 aromatic rings. The molecular formula is C16H25NO2. The van der Waals surface area contributed by atoms with E-state index in [0.717, 1.165) is 18.8 Å². The lowest BCUT2D eigenvalue weighted by molar-refractivity contribution is 0.0803. The van der Waals surface area contributed by atoms with Crippen molar-refractivity contribution in [2.45, 2.75) is 51.8 Å². The minimum Gasteiger partial charge on any atom is -0.496 e. The third-order valence-corrected chi connectivity index (χ3v) is 3.89. The lowest BCUT2D eigenvalue weighted by Gasteiger charge is -2.25. The summed E-state index contributed by atoms with van der Waals surface area (Å²) in [5.74, 6) is 0.949. The van der Waals surface area contributed by atoms with Crippen molar-refractivity contribution in [3.8, 4) is 5.75 Å². The number of hydrogen-bond donors (Lipinski definition) is 1. The van der Waals surface area contributed by atoms with Gasteiger partial charge in [-0.05, 0) is 39.7 Å². The Bertz CT molecular complexity index is 413. The van der Waals surface area contributed by atoms with Crippen LogP contribution in [0.5, 0.6) is 5.75 Å². The Labute approximate surface area is 116 Å². The van der Waals surface area contributed by atoms with Crippen molar-refractivity contribution in [1.82, 2.24) is 5.32 Å². The summed E-state index contributed by atoms with van der Waals surface area (Å²) >= 11 is 0. The molecule has 3 heteroatoms. The van der Waals surface area contributed by atoms with E-state index in [-0.39, 0.29) is 6.04 Å². The number of ether oxygens (including phenoxy) is 2. The normalized spacial score (nSPS) is 22.2. The van der Waals surface area contributed by atoms with Gasteiger partial charge in [0.1, 0.15) is 5.75 Å². The van der Waals surface area contributed by atoms with Gasteiger partial charge < -0.3 is 14.8 Å². The predicted molar refractivity (Wildman–Crippen MR) is 77.7 cm³/mol. The highest BCUT2D eigenvalue weighted by atomic mass is 16.5. The van der Waals surface area contributed by atoms with Crippen LogP contribution in [0.1, 0.15) is 43.9 Å². The molecule has 106 valence electrons. The summed E-state index contributed by atoms with van der Waals surface area (Å²) < 4.78 is 11.2. The quantitative estimate of drug-likeness (QED) is 0.884. The summed E-state index contributed by atoms with van der Waals surface area (Å²) in [5.41, 5.74) is 2.47. The first kappa shape index (κ1) is 14.4. The van der Waals surface area contributed by atoms with Crippen molar-refractivity contribution in [1.29, 1.82) is 0 Å². The second kappa shape index (κ2) is 6.40. The van der Waals surface area contributed by atoms with Gasteiger partial charge in [0, 0.05) is 24.3 Å². The van der Waals surface area contributed by atoms with E-state index in [1.165, 1.54) is 17.5 Å². The molecule has 0 aromatic heterocycles. The summed E-state index contributed by atoms with van der Waals surface area (Å²) in [5, 5.41) is 3.64. The highest BCUT2D eigenvalue weighted by Gasteiger charge is 2.24. The van der Waals surface area contributed by atoms with E-state index in [1.807, 2.05) is 6.07 Å². The molecule has 1 aromatic carbocycles.